The summed E-state index contributed by atoms with van der Waals surface area (Å²) in [7, 11) is 0. The average molecular weight is 157 g/mol. The monoisotopic (exact) mass is 157 g/mol. The maximum Gasteiger partial charge on any atom is -0.00368 e. The van der Waals surface area contributed by atoms with Gasteiger partial charge in [-0.05, 0) is 19.5 Å². The Kier molecular flexibility index (Phi) is 9.92. The summed E-state index contributed by atoms with van der Waals surface area (Å²) in [6.07, 6.45) is 8.40. The molecule has 0 spiro atoms. The summed E-state index contributed by atoms with van der Waals surface area (Å²) >= 11 is 0. The number of hydrogen-bond donors (Lipinski definition) is 1. The summed E-state index contributed by atoms with van der Waals surface area (Å²) in [5, 5.41) is 3.11. The van der Waals surface area contributed by atoms with E-state index in [0.717, 1.165) is 0 Å². The lowest BCUT2D eigenvalue weighted by Gasteiger charge is -2.09. The van der Waals surface area contributed by atoms with Crippen LogP contribution in [-0.2, 0) is 0 Å². The van der Waals surface area contributed by atoms with Crippen molar-refractivity contribution in [3.05, 3.63) is 0 Å². The van der Waals surface area contributed by atoms with Crippen LogP contribution in [0.2, 0.25) is 0 Å². The van der Waals surface area contributed by atoms with Gasteiger partial charge in [-0.3, -0.25) is 0 Å². The molecule has 0 aromatic rings. The molecule has 0 aliphatic carbocycles. The van der Waals surface area contributed by atoms with Gasteiger partial charge in [0.2, 0.25) is 0 Å². The second-order valence-electron chi connectivity index (χ2n) is 3.16. The van der Waals surface area contributed by atoms with Gasteiger partial charge < -0.3 is 5.32 Å². The van der Waals surface area contributed by atoms with Crippen LogP contribution in [0.5, 0.6) is 0 Å². The fourth-order valence-corrected chi connectivity index (χ4v) is 0.854. The molecule has 0 unspecified atom stereocenters. The molecule has 68 valence electrons. The van der Waals surface area contributed by atoms with Crippen LogP contribution in [0.15, 0.2) is 0 Å². The molecule has 0 atom stereocenters. The van der Waals surface area contributed by atoms with Gasteiger partial charge in [-0.15, -0.1) is 0 Å². The molecule has 1 rings (SSSR count). The van der Waals surface area contributed by atoms with Crippen molar-refractivity contribution in [3.63, 3.8) is 0 Å². The minimum atomic E-state index is 1.25. The van der Waals surface area contributed by atoms with Crippen molar-refractivity contribution in [2.75, 3.05) is 13.1 Å². The smallest absolute Gasteiger partial charge is 0.00368 e. The van der Waals surface area contributed by atoms with Crippen LogP contribution in [0, 0.1) is 0 Å². The molecule has 1 nitrogen and oxygen atoms in total. The van der Waals surface area contributed by atoms with Gasteiger partial charge in [0.15, 0.2) is 0 Å². The third-order valence-electron chi connectivity index (χ3n) is 1.91. The molecular weight excluding hydrogens is 134 g/mol. The second kappa shape index (κ2) is 9.96. The highest BCUT2D eigenvalue weighted by Gasteiger charge is 1.92. The van der Waals surface area contributed by atoms with Crippen LogP contribution >= 0.6 is 0 Å². The van der Waals surface area contributed by atoms with Crippen LogP contribution in [0.1, 0.15) is 52.4 Å². The predicted octanol–water partition coefficient (Wildman–Crippen LogP) is 2.96. The van der Waals surface area contributed by atoms with E-state index < -0.39 is 0 Å². The van der Waals surface area contributed by atoms with E-state index in [1.807, 2.05) is 0 Å². The number of hydrogen-bond acceptors (Lipinski definition) is 1. The Hall–Kier alpha value is -0.0400. The van der Waals surface area contributed by atoms with Crippen LogP contribution < -0.4 is 5.32 Å². The van der Waals surface area contributed by atoms with Crippen molar-refractivity contribution in [3.8, 4) is 0 Å². The molecule has 11 heavy (non-hydrogen) atoms. The Morgan fingerprint density at radius 2 is 1.27 bits per heavy atom. The molecule has 0 aromatic carbocycles. The van der Waals surface area contributed by atoms with E-state index in [1.165, 1.54) is 51.6 Å². The van der Waals surface area contributed by atoms with Crippen LogP contribution in [0.4, 0.5) is 0 Å². The van der Waals surface area contributed by atoms with Gasteiger partial charge in [0.1, 0.15) is 0 Å². The Morgan fingerprint density at radius 3 is 1.45 bits per heavy atom. The van der Waals surface area contributed by atoms with Gasteiger partial charge in [-0.2, -0.15) is 0 Å². The van der Waals surface area contributed by atoms with Crippen molar-refractivity contribution >= 4 is 0 Å². The van der Waals surface area contributed by atoms with Crippen molar-refractivity contribution in [2.24, 2.45) is 0 Å². The number of rotatable bonds is 4. The average Bonchev–Trinajstić information content (AvgIpc) is 1.85. The van der Waals surface area contributed by atoms with Gasteiger partial charge in [-0.1, -0.05) is 46.0 Å². The van der Waals surface area contributed by atoms with Gasteiger partial charge in [0.25, 0.3) is 0 Å². The molecule has 1 aliphatic heterocycles. The van der Waals surface area contributed by atoms with E-state index in [1.54, 1.807) is 0 Å². The zero-order chi connectivity index (χ0) is 8.36. The van der Waals surface area contributed by atoms with Crippen molar-refractivity contribution in [1.82, 2.24) is 5.32 Å². The van der Waals surface area contributed by atoms with Crippen LogP contribution in [-0.4, -0.2) is 13.1 Å². The molecule has 1 heteroatoms. The molecule has 0 bridgehead atoms. The van der Waals surface area contributed by atoms with Crippen molar-refractivity contribution in [2.45, 2.75) is 52.4 Å². The first-order valence-electron chi connectivity index (χ1n) is 5.12. The lowest BCUT2D eigenvalue weighted by atomic mass is 10.2. The first-order chi connectivity index (χ1) is 5.41. The molecular formula is C10H23N. The van der Waals surface area contributed by atoms with Gasteiger partial charge in [-0.25, -0.2) is 0 Å². The second-order valence-corrected chi connectivity index (χ2v) is 3.16. The Labute approximate surface area is 71.6 Å². The van der Waals surface area contributed by atoms with E-state index in [4.69, 9.17) is 0 Å². The molecule has 1 heterocycles. The maximum absolute atomic E-state index is 3.11. The highest BCUT2D eigenvalue weighted by atomic mass is 14.9. The fourth-order valence-electron chi connectivity index (χ4n) is 0.854. The summed E-state index contributed by atoms with van der Waals surface area (Å²) in [5.41, 5.74) is 0. The summed E-state index contributed by atoms with van der Waals surface area (Å²) in [5.74, 6) is 0. The summed E-state index contributed by atoms with van der Waals surface area (Å²) in [6.45, 7) is 6.99. The third-order valence-corrected chi connectivity index (χ3v) is 1.91. The van der Waals surface area contributed by atoms with E-state index >= 15 is 0 Å². The number of unbranched alkanes of at least 4 members (excludes halogenated alkanes) is 4. The fraction of sp³-hybridized carbons (Fsp3) is 1.00. The molecule has 0 radical (unpaired) electrons. The van der Waals surface area contributed by atoms with E-state index in [-0.39, 0.29) is 0 Å². The molecule has 1 N–H and O–H groups in total. The predicted molar refractivity (Wildman–Crippen MR) is 51.9 cm³/mol. The largest absolute Gasteiger partial charge is 0.317 e. The SMILES string of the molecule is C1CNC1.CCCCCCC. The lowest BCUT2D eigenvalue weighted by Crippen LogP contribution is -2.29. The highest BCUT2D eigenvalue weighted by molar-refractivity contribution is 4.56. The standard InChI is InChI=1S/C7H16.C3H7N/c1-3-5-7-6-4-2;1-2-4-3-1/h3-7H2,1-2H3;4H,1-3H2. The molecule has 0 amide bonds. The van der Waals surface area contributed by atoms with Gasteiger partial charge in [0.05, 0.1) is 0 Å². The quantitative estimate of drug-likeness (QED) is 0.619. The van der Waals surface area contributed by atoms with E-state index in [9.17, 15) is 0 Å². The topological polar surface area (TPSA) is 12.0 Å². The van der Waals surface area contributed by atoms with E-state index in [0.29, 0.717) is 0 Å². The Morgan fingerprint density at radius 1 is 0.909 bits per heavy atom. The molecule has 0 aromatic heterocycles. The number of nitrogens with one attached hydrogen (secondary N) is 1. The summed E-state index contributed by atoms with van der Waals surface area (Å²) in [6, 6.07) is 0. The normalized spacial score (nSPS) is 14.7. The Balaban J connectivity index is 0.000000207. The molecule has 1 saturated heterocycles. The van der Waals surface area contributed by atoms with Crippen molar-refractivity contribution in [1.29, 1.82) is 0 Å². The van der Waals surface area contributed by atoms with E-state index in [2.05, 4.69) is 19.2 Å². The zero-order valence-electron chi connectivity index (χ0n) is 8.16. The lowest BCUT2D eigenvalue weighted by molar-refractivity contribution is 0.527. The molecule has 1 aliphatic rings. The maximum atomic E-state index is 3.11. The third kappa shape index (κ3) is 9.96. The first kappa shape index (κ1) is 11.0. The highest BCUT2D eigenvalue weighted by Crippen LogP contribution is 2.00. The Bertz CT molecular complexity index is 49.9. The summed E-state index contributed by atoms with van der Waals surface area (Å²) < 4.78 is 0. The molecule has 1 fully saturated rings. The minimum absolute atomic E-state index is 1.25. The zero-order valence-corrected chi connectivity index (χ0v) is 8.16. The minimum Gasteiger partial charge on any atom is -0.317 e. The van der Waals surface area contributed by atoms with Gasteiger partial charge in [0, 0.05) is 0 Å². The van der Waals surface area contributed by atoms with Crippen molar-refractivity contribution < 1.29 is 0 Å². The first-order valence-corrected chi connectivity index (χ1v) is 5.12. The van der Waals surface area contributed by atoms with Crippen LogP contribution in [0.25, 0.3) is 0 Å². The molecule has 0 saturated carbocycles. The summed E-state index contributed by atoms with van der Waals surface area (Å²) in [4.78, 5) is 0. The van der Waals surface area contributed by atoms with Crippen LogP contribution in [0.3, 0.4) is 0 Å². The van der Waals surface area contributed by atoms with Gasteiger partial charge >= 0.3 is 0 Å².